The van der Waals surface area contributed by atoms with Gasteiger partial charge in [-0.15, -0.1) is 0 Å². The standard InChI is InChI=1S/C9H18N2O3/c1-2-3-4-5-6-8(12)10-7-9(13)11-14/h14H,2-7H2,1H3,(H,10,12)(H,11,13). The van der Waals surface area contributed by atoms with Crippen LogP contribution in [0.3, 0.4) is 0 Å². The first-order chi connectivity index (χ1) is 6.70. The molecule has 0 aromatic carbocycles. The maximum absolute atomic E-state index is 11.1. The van der Waals surface area contributed by atoms with Gasteiger partial charge in [0.25, 0.3) is 5.91 Å². The summed E-state index contributed by atoms with van der Waals surface area (Å²) in [5, 5.41) is 10.5. The summed E-state index contributed by atoms with van der Waals surface area (Å²) < 4.78 is 0. The fourth-order valence-electron chi connectivity index (χ4n) is 1.02. The summed E-state index contributed by atoms with van der Waals surface area (Å²) >= 11 is 0. The van der Waals surface area contributed by atoms with E-state index < -0.39 is 5.91 Å². The van der Waals surface area contributed by atoms with Crippen LogP contribution in [0.2, 0.25) is 0 Å². The monoisotopic (exact) mass is 202 g/mol. The molecule has 5 nitrogen and oxygen atoms in total. The van der Waals surface area contributed by atoms with Crippen LogP contribution in [0.15, 0.2) is 0 Å². The summed E-state index contributed by atoms with van der Waals surface area (Å²) in [6.07, 6.45) is 4.59. The molecule has 2 amide bonds. The predicted molar refractivity (Wildman–Crippen MR) is 51.7 cm³/mol. The van der Waals surface area contributed by atoms with Gasteiger partial charge in [-0.2, -0.15) is 0 Å². The summed E-state index contributed by atoms with van der Waals surface area (Å²) in [5.74, 6) is -0.753. The van der Waals surface area contributed by atoms with E-state index in [1.165, 1.54) is 5.48 Å². The molecule has 0 heterocycles. The Bertz CT molecular complexity index is 183. The lowest BCUT2D eigenvalue weighted by atomic mass is 10.1. The van der Waals surface area contributed by atoms with E-state index in [1.54, 1.807) is 0 Å². The molecule has 0 aliphatic heterocycles. The Kier molecular flexibility index (Phi) is 7.83. The molecule has 0 fully saturated rings. The van der Waals surface area contributed by atoms with E-state index in [0.717, 1.165) is 25.7 Å². The van der Waals surface area contributed by atoms with E-state index in [2.05, 4.69) is 12.2 Å². The number of hydrogen-bond donors (Lipinski definition) is 3. The van der Waals surface area contributed by atoms with Gasteiger partial charge < -0.3 is 5.32 Å². The minimum absolute atomic E-state index is 0.148. The third-order valence-corrected chi connectivity index (χ3v) is 1.83. The lowest BCUT2D eigenvalue weighted by Gasteiger charge is -2.03. The van der Waals surface area contributed by atoms with Gasteiger partial charge in [-0.05, 0) is 6.42 Å². The van der Waals surface area contributed by atoms with Crippen LogP contribution in [0.1, 0.15) is 39.0 Å². The Morgan fingerprint density at radius 2 is 1.86 bits per heavy atom. The van der Waals surface area contributed by atoms with Crippen LogP contribution < -0.4 is 10.8 Å². The van der Waals surface area contributed by atoms with Crippen molar-refractivity contribution in [2.75, 3.05) is 6.54 Å². The summed E-state index contributed by atoms with van der Waals surface area (Å²) in [6.45, 7) is 1.94. The SMILES string of the molecule is CCCCCCC(=O)NCC(=O)NO. The van der Waals surface area contributed by atoms with E-state index in [-0.39, 0.29) is 12.5 Å². The van der Waals surface area contributed by atoms with Crippen molar-refractivity contribution < 1.29 is 14.8 Å². The first kappa shape index (κ1) is 12.9. The van der Waals surface area contributed by atoms with E-state index in [1.807, 2.05) is 0 Å². The highest BCUT2D eigenvalue weighted by atomic mass is 16.5. The highest BCUT2D eigenvalue weighted by Crippen LogP contribution is 2.01. The van der Waals surface area contributed by atoms with E-state index >= 15 is 0 Å². The number of hydroxylamine groups is 1. The fraction of sp³-hybridized carbons (Fsp3) is 0.778. The van der Waals surface area contributed by atoms with Crippen LogP contribution >= 0.6 is 0 Å². The van der Waals surface area contributed by atoms with Gasteiger partial charge >= 0.3 is 0 Å². The number of rotatable bonds is 7. The van der Waals surface area contributed by atoms with Crippen molar-refractivity contribution in [3.05, 3.63) is 0 Å². The van der Waals surface area contributed by atoms with Gasteiger partial charge in [-0.25, -0.2) is 5.48 Å². The van der Waals surface area contributed by atoms with Crippen molar-refractivity contribution in [1.29, 1.82) is 0 Å². The molecule has 0 atom stereocenters. The number of hydrogen-bond acceptors (Lipinski definition) is 3. The summed E-state index contributed by atoms with van der Waals surface area (Å²) in [5.41, 5.74) is 1.44. The highest BCUT2D eigenvalue weighted by Gasteiger charge is 2.03. The molecule has 0 radical (unpaired) electrons. The minimum Gasteiger partial charge on any atom is -0.347 e. The normalized spacial score (nSPS) is 9.57. The molecule has 0 saturated heterocycles. The molecule has 0 aliphatic rings. The Morgan fingerprint density at radius 3 is 2.43 bits per heavy atom. The molecule has 3 N–H and O–H groups in total. The quantitative estimate of drug-likeness (QED) is 0.321. The molecule has 0 bridgehead atoms. The van der Waals surface area contributed by atoms with Gasteiger partial charge in [-0.3, -0.25) is 14.8 Å². The first-order valence-corrected chi connectivity index (χ1v) is 4.90. The van der Waals surface area contributed by atoms with Crippen molar-refractivity contribution in [2.45, 2.75) is 39.0 Å². The van der Waals surface area contributed by atoms with Crippen LogP contribution in [-0.4, -0.2) is 23.6 Å². The predicted octanol–water partition coefficient (Wildman–Crippen LogP) is 0.578. The molecule has 0 rings (SSSR count). The fourth-order valence-corrected chi connectivity index (χ4v) is 1.02. The molecule has 0 spiro atoms. The molecule has 0 saturated carbocycles. The number of nitrogens with one attached hydrogen (secondary N) is 2. The number of unbranched alkanes of at least 4 members (excludes halogenated alkanes) is 3. The zero-order chi connectivity index (χ0) is 10.8. The second-order valence-corrected chi connectivity index (χ2v) is 3.12. The molecule has 14 heavy (non-hydrogen) atoms. The molecule has 5 heteroatoms. The zero-order valence-electron chi connectivity index (χ0n) is 8.51. The molecule has 0 unspecified atom stereocenters. The Morgan fingerprint density at radius 1 is 1.14 bits per heavy atom. The van der Waals surface area contributed by atoms with Gasteiger partial charge in [0.1, 0.15) is 0 Å². The second-order valence-electron chi connectivity index (χ2n) is 3.12. The van der Waals surface area contributed by atoms with Crippen LogP contribution in [0, 0.1) is 0 Å². The topological polar surface area (TPSA) is 78.4 Å². The minimum atomic E-state index is -0.605. The molecule has 0 aromatic heterocycles. The smallest absolute Gasteiger partial charge is 0.262 e. The second kappa shape index (κ2) is 8.50. The molecular weight excluding hydrogens is 184 g/mol. The number of carbonyl (C=O) groups is 2. The maximum Gasteiger partial charge on any atom is 0.262 e. The molecule has 82 valence electrons. The average molecular weight is 202 g/mol. The van der Waals surface area contributed by atoms with Crippen molar-refractivity contribution in [3.63, 3.8) is 0 Å². The third kappa shape index (κ3) is 7.54. The summed E-state index contributed by atoms with van der Waals surface area (Å²) in [6, 6.07) is 0. The van der Waals surface area contributed by atoms with Gasteiger partial charge in [0.2, 0.25) is 5.91 Å². The lowest BCUT2D eigenvalue weighted by Crippen LogP contribution is -2.35. The average Bonchev–Trinajstić information content (AvgIpc) is 2.21. The number of amides is 2. The van der Waals surface area contributed by atoms with Crippen LogP contribution in [0.25, 0.3) is 0 Å². The van der Waals surface area contributed by atoms with E-state index in [9.17, 15) is 9.59 Å². The summed E-state index contributed by atoms with van der Waals surface area (Å²) in [7, 11) is 0. The number of carbonyl (C=O) groups excluding carboxylic acids is 2. The van der Waals surface area contributed by atoms with Crippen LogP contribution in [0.4, 0.5) is 0 Å². The Labute approximate surface area is 83.8 Å². The van der Waals surface area contributed by atoms with Crippen molar-refractivity contribution in [2.24, 2.45) is 0 Å². The highest BCUT2D eigenvalue weighted by molar-refractivity contribution is 5.83. The maximum atomic E-state index is 11.1. The van der Waals surface area contributed by atoms with E-state index in [4.69, 9.17) is 5.21 Å². The molecular formula is C9H18N2O3. The zero-order valence-corrected chi connectivity index (χ0v) is 8.51. The molecule has 0 aromatic rings. The first-order valence-electron chi connectivity index (χ1n) is 4.90. The van der Waals surface area contributed by atoms with Gasteiger partial charge in [0.15, 0.2) is 0 Å². The van der Waals surface area contributed by atoms with Gasteiger partial charge in [-0.1, -0.05) is 26.2 Å². The Hall–Kier alpha value is -1.10. The molecule has 0 aliphatic carbocycles. The Balaban J connectivity index is 3.32. The van der Waals surface area contributed by atoms with Crippen LogP contribution in [-0.2, 0) is 9.59 Å². The largest absolute Gasteiger partial charge is 0.347 e. The summed E-state index contributed by atoms with van der Waals surface area (Å²) in [4.78, 5) is 21.6. The van der Waals surface area contributed by atoms with Crippen LogP contribution in [0.5, 0.6) is 0 Å². The van der Waals surface area contributed by atoms with Crippen molar-refractivity contribution in [1.82, 2.24) is 10.8 Å². The van der Waals surface area contributed by atoms with Crippen molar-refractivity contribution in [3.8, 4) is 0 Å². The van der Waals surface area contributed by atoms with E-state index in [0.29, 0.717) is 6.42 Å². The van der Waals surface area contributed by atoms with Gasteiger partial charge in [0.05, 0.1) is 6.54 Å². The van der Waals surface area contributed by atoms with Gasteiger partial charge in [0, 0.05) is 6.42 Å². The van der Waals surface area contributed by atoms with Crippen molar-refractivity contribution >= 4 is 11.8 Å². The lowest BCUT2D eigenvalue weighted by molar-refractivity contribution is -0.131. The third-order valence-electron chi connectivity index (χ3n) is 1.83.